The minimum Gasteiger partial charge on any atom is -0.477 e. The molecule has 0 radical (unpaired) electrons. The molecule has 0 bridgehead atoms. The number of anilines is 2. The monoisotopic (exact) mass is 1260 g/mol. The molecule has 84 heavy (non-hydrogen) atoms. The number of hydrogen-bond donors (Lipinski definition) is 8. The zero-order chi connectivity index (χ0) is 59.5. The van der Waals surface area contributed by atoms with Crippen molar-refractivity contribution in [1.82, 2.24) is 41.0 Å². The van der Waals surface area contributed by atoms with Crippen molar-refractivity contribution in [2.24, 2.45) is 10.3 Å². The summed E-state index contributed by atoms with van der Waals surface area (Å²) in [5, 5.41) is 42.5. The van der Waals surface area contributed by atoms with Crippen LogP contribution in [0.25, 0.3) is 0 Å². The molecule has 0 aliphatic carbocycles. The topological polar surface area (TPSA) is 345 Å². The molecular formula is C54H58N12O12S6. The number of benzene rings is 2. The van der Waals surface area contributed by atoms with Gasteiger partial charge in [0.1, 0.15) is 37.0 Å². The lowest BCUT2D eigenvalue weighted by Gasteiger charge is -2.52. The van der Waals surface area contributed by atoms with E-state index >= 15 is 0 Å². The number of furan rings is 2. The Bertz CT molecular complexity index is 3140. The average molecular weight is 1260 g/mol. The molecule has 2 amide bonds. The number of carbonyl (C=O) groups excluding carboxylic acids is 4. The fraction of sp³-hybridized carbons (Fsp3) is 0.296. The molecule has 4 aliphatic rings. The van der Waals surface area contributed by atoms with Crippen molar-refractivity contribution in [2.75, 3.05) is 74.9 Å². The number of aliphatic carboxylic acids is 2. The number of carboxylic acid groups (broad SMARTS) is 2. The van der Waals surface area contributed by atoms with Crippen molar-refractivity contribution in [3.8, 4) is 0 Å². The van der Waals surface area contributed by atoms with Crippen molar-refractivity contribution in [1.29, 1.82) is 0 Å². The van der Waals surface area contributed by atoms with E-state index < -0.39 is 23.8 Å². The maximum absolute atomic E-state index is 12.8. The number of oxime groups is 2. The first-order chi connectivity index (χ1) is 40.7. The van der Waals surface area contributed by atoms with Gasteiger partial charge < -0.3 is 71.3 Å². The van der Waals surface area contributed by atoms with Crippen LogP contribution in [-0.2, 0) is 41.9 Å². The number of hydrogen-bond acceptors (Lipinski definition) is 26. The van der Waals surface area contributed by atoms with Gasteiger partial charge >= 0.3 is 11.9 Å². The number of aromatic nitrogens is 2. The van der Waals surface area contributed by atoms with Gasteiger partial charge in [-0.15, -0.1) is 46.2 Å². The van der Waals surface area contributed by atoms with E-state index in [0.717, 1.165) is 49.7 Å². The van der Waals surface area contributed by atoms with Gasteiger partial charge in [-0.3, -0.25) is 19.2 Å². The molecule has 30 heteroatoms. The Labute approximate surface area is 506 Å². The number of amides is 2. The van der Waals surface area contributed by atoms with Gasteiger partial charge in [0.05, 0.1) is 35.4 Å². The van der Waals surface area contributed by atoms with Crippen LogP contribution in [0.1, 0.15) is 43.6 Å². The fourth-order valence-corrected chi connectivity index (χ4v) is 14.4. The first-order valence-corrected chi connectivity index (χ1v) is 31.4. The van der Waals surface area contributed by atoms with Crippen molar-refractivity contribution in [3.05, 3.63) is 165 Å². The van der Waals surface area contributed by atoms with E-state index in [2.05, 4.69) is 90.1 Å². The first kappa shape index (κ1) is 62.5. The zero-order valence-corrected chi connectivity index (χ0v) is 49.9. The molecule has 4 aromatic heterocycles. The summed E-state index contributed by atoms with van der Waals surface area (Å²) in [5.41, 5.74) is 16.2. The van der Waals surface area contributed by atoms with Crippen LogP contribution in [0.4, 0.5) is 10.3 Å². The molecule has 4 aliphatic heterocycles. The number of nitrogen functional groups attached to an aromatic ring is 2. The standard InChI is InChI=1S/2C19H19N5O6S3.C16H20N2/c2*1-29-23-13(11-8-33-19(20)22-11)15(25)21-10-5-24-14(17(26)27)9(6-31-16(10)24)7-32-18(28)12-3-2-4-30-12;1-3-7-15(8-4-1)13-17-11-12-18-14-16-9-5-2-6-10-16/h2*2-4,8,10,16H,5-7H2,1H3,(H2,20,22)(H,21,25)(H,26,27);1-10,17-18H,11-14H2/b2*23-13+;. The van der Waals surface area contributed by atoms with E-state index in [1.165, 1.54) is 84.1 Å². The van der Waals surface area contributed by atoms with E-state index in [0.29, 0.717) is 57.4 Å². The highest BCUT2D eigenvalue weighted by molar-refractivity contribution is 8.14. The summed E-state index contributed by atoms with van der Waals surface area (Å²) in [7, 11) is 2.65. The molecule has 2 saturated heterocycles. The van der Waals surface area contributed by atoms with Gasteiger partial charge in [-0.25, -0.2) is 19.6 Å². The molecule has 8 heterocycles. The van der Waals surface area contributed by atoms with Gasteiger partial charge in [0.15, 0.2) is 33.2 Å². The number of nitrogens with zero attached hydrogens (tertiary/aromatic N) is 6. The van der Waals surface area contributed by atoms with E-state index in [1.807, 2.05) is 12.1 Å². The molecule has 10 rings (SSSR count). The van der Waals surface area contributed by atoms with Crippen LogP contribution in [0.3, 0.4) is 0 Å². The van der Waals surface area contributed by atoms with Crippen LogP contribution in [-0.4, -0.2) is 162 Å². The predicted molar refractivity (Wildman–Crippen MR) is 327 cm³/mol. The molecule has 442 valence electrons. The van der Waals surface area contributed by atoms with Crippen LogP contribution >= 0.6 is 69.7 Å². The van der Waals surface area contributed by atoms with Crippen molar-refractivity contribution >= 4 is 125 Å². The van der Waals surface area contributed by atoms with Gasteiger partial charge in [0, 0.05) is 73.0 Å². The summed E-state index contributed by atoms with van der Waals surface area (Å²) >= 11 is 7.36. The summed E-state index contributed by atoms with van der Waals surface area (Å²) in [4.78, 5) is 95.0. The SMILES string of the molecule is CO/N=C(/C(=O)NC1CN2C(C(=O)O)=C(CSC(=O)c3ccco3)CSC12)c1csc(N)n1.CO/N=C(/C(=O)NC1CN2C(C(=O)O)=C(CSC(=O)c3ccco3)CSC12)c1csc(N)n1.c1ccc(CNCCNCc2ccccc2)cc1. The summed E-state index contributed by atoms with van der Waals surface area (Å²) < 4.78 is 10.2. The number of fused-ring (bicyclic) bond motifs is 2. The number of thioether (sulfide) groups is 4. The Balaban J connectivity index is 0.000000172. The molecule has 10 N–H and O–H groups in total. The third-order valence-corrected chi connectivity index (χ3v) is 18.7. The maximum atomic E-state index is 12.8. The molecule has 2 fully saturated rings. The first-order valence-electron chi connectivity index (χ1n) is 25.6. The summed E-state index contributed by atoms with van der Waals surface area (Å²) in [5.74, 6) is -1.32. The fourth-order valence-electron chi connectivity index (χ4n) is 8.67. The Morgan fingerprint density at radius 1 is 0.631 bits per heavy atom. The third kappa shape index (κ3) is 16.6. The lowest BCUT2D eigenvalue weighted by atomic mass is 10.0. The zero-order valence-electron chi connectivity index (χ0n) is 45.0. The summed E-state index contributed by atoms with van der Waals surface area (Å²) in [6.45, 7) is 4.47. The Kier molecular flexibility index (Phi) is 22.9. The highest BCUT2D eigenvalue weighted by atomic mass is 32.2. The minimum absolute atomic E-state index is 0.00719. The van der Waals surface area contributed by atoms with Crippen LogP contribution in [0.2, 0.25) is 0 Å². The molecule has 2 aromatic carbocycles. The van der Waals surface area contributed by atoms with E-state index in [9.17, 15) is 39.0 Å². The number of nitrogens with two attached hydrogens (primary N) is 2. The largest absolute Gasteiger partial charge is 0.477 e. The maximum Gasteiger partial charge on any atom is 0.352 e. The lowest BCUT2D eigenvalue weighted by Crippen LogP contribution is -2.67. The highest BCUT2D eigenvalue weighted by Gasteiger charge is 2.48. The molecular weight excluding hydrogens is 1200 g/mol. The van der Waals surface area contributed by atoms with Gasteiger partial charge in [-0.1, -0.05) is 94.5 Å². The second-order valence-corrected chi connectivity index (χ2v) is 24.1. The van der Waals surface area contributed by atoms with Gasteiger partial charge in [0.25, 0.3) is 22.0 Å². The average Bonchev–Trinajstić information content (AvgIpc) is 4.38. The van der Waals surface area contributed by atoms with Crippen molar-refractivity contribution < 1.29 is 57.5 Å². The third-order valence-electron chi connectivity index (χ3n) is 12.6. The molecule has 4 unspecified atom stereocenters. The van der Waals surface area contributed by atoms with Crippen LogP contribution in [0.5, 0.6) is 0 Å². The van der Waals surface area contributed by atoms with E-state index in [4.69, 9.17) is 30.0 Å². The second kappa shape index (κ2) is 30.8. The Morgan fingerprint density at radius 3 is 1.37 bits per heavy atom. The van der Waals surface area contributed by atoms with Gasteiger partial charge in [-0.2, -0.15) is 0 Å². The van der Waals surface area contributed by atoms with Crippen molar-refractivity contribution in [2.45, 2.75) is 35.9 Å². The Morgan fingerprint density at radius 2 is 1.04 bits per heavy atom. The number of thiazole rings is 2. The van der Waals surface area contributed by atoms with Crippen LogP contribution < -0.4 is 32.7 Å². The van der Waals surface area contributed by atoms with E-state index in [1.54, 1.807) is 44.8 Å². The quantitative estimate of drug-likeness (QED) is 0.0224. The summed E-state index contributed by atoms with van der Waals surface area (Å²) in [6, 6.07) is 26.7. The van der Waals surface area contributed by atoms with E-state index in [-0.39, 0.29) is 78.9 Å². The molecule has 0 spiro atoms. The molecule has 6 aromatic rings. The smallest absolute Gasteiger partial charge is 0.352 e. The van der Waals surface area contributed by atoms with Crippen LogP contribution in [0, 0.1) is 0 Å². The van der Waals surface area contributed by atoms with Gasteiger partial charge in [-0.05, 0) is 46.5 Å². The number of carboxylic acids is 2. The molecule has 4 atom stereocenters. The second-order valence-electron chi connectivity index (χ2n) is 18.2. The van der Waals surface area contributed by atoms with Gasteiger partial charge in [0.2, 0.25) is 0 Å². The predicted octanol–water partition coefficient (Wildman–Crippen LogP) is 5.47. The normalized spacial score (nSPS) is 18.1. The Hall–Kier alpha value is -7.58. The lowest BCUT2D eigenvalue weighted by molar-refractivity contribution is -0.136. The summed E-state index contributed by atoms with van der Waals surface area (Å²) in [6.07, 6.45) is 2.83. The number of nitrogens with one attached hydrogen (secondary N) is 4. The highest BCUT2D eigenvalue weighted by Crippen LogP contribution is 2.42. The number of carbonyl (C=O) groups is 6. The molecule has 24 nitrogen and oxygen atoms in total. The molecule has 0 saturated carbocycles. The van der Waals surface area contributed by atoms with Crippen molar-refractivity contribution in [3.63, 3.8) is 0 Å². The minimum atomic E-state index is -1.06. The number of rotatable bonds is 23. The van der Waals surface area contributed by atoms with Crippen LogP contribution in [0.15, 0.2) is 150 Å².